The highest BCUT2D eigenvalue weighted by Gasteiger charge is 2.24. The number of piperidine rings is 1. The maximum Gasteiger partial charge on any atom is 0.317 e. The number of amides is 2. The molecule has 132 valence electrons. The molecule has 2 aromatic rings. The molecule has 1 aromatic carbocycles. The van der Waals surface area contributed by atoms with Gasteiger partial charge in [0.1, 0.15) is 0 Å². The van der Waals surface area contributed by atoms with Crippen LogP contribution in [0.5, 0.6) is 0 Å². The fraction of sp³-hybridized carbons (Fsp3) is 0.400. The number of hydrogen-bond donors (Lipinski definition) is 1. The zero-order valence-corrected chi connectivity index (χ0v) is 14.6. The van der Waals surface area contributed by atoms with E-state index in [0.29, 0.717) is 19.7 Å². The van der Waals surface area contributed by atoms with E-state index >= 15 is 0 Å². The lowest BCUT2D eigenvalue weighted by atomic mass is 10.1. The van der Waals surface area contributed by atoms with Crippen LogP contribution < -0.4 is 5.32 Å². The Morgan fingerprint density at radius 1 is 1.28 bits per heavy atom. The Bertz CT molecular complexity index is 673. The first kappa shape index (κ1) is 17.4. The van der Waals surface area contributed by atoms with Gasteiger partial charge in [0.25, 0.3) is 0 Å². The average molecular weight is 339 g/mol. The molecule has 1 aliphatic rings. The van der Waals surface area contributed by atoms with Crippen molar-refractivity contribution in [3.05, 3.63) is 65.5 Å². The number of carbonyl (C=O) groups excluding carboxylic acids is 1. The molecule has 1 atom stereocenters. The molecule has 0 aliphatic carbocycles. The molecule has 0 bridgehead atoms. The Labute approximate surface area is 149 Å². The second-order valence-electron chi connectivity index (χ2n) is 6.49. The molecule has 3 rings (SSSR count). The topological polar surface area (TPSA) is 54.5 Å². The molecule has 0 radical (unpaired) electrons. The molecule has 1 aliphatic heterocycles. The van der Waals surface area contributed by atoms with Crippen molar-refractivity contribution in [3.63, 3.8) is 0 Å². The molecule has 2 amide bonds. The summed E-state index contributed by atoms with van der Waals surface area (Å²) in [5.74, 6) is 0. The third-order valence-electron chi connectivity index (χ3n) is 4.42. The van der Waals surface area contributed by atoms with Crippen LogP contribution in [0.15, 0.2) is 48.7 Å². The number of nitrogens with one attached hydrogen (secondary N) is 1. The van der Waals surface area contributed by atoms with E-state index in [0.717, 1.165) is 30.6 Å². The molecule has 25 heavy (non-hydrogen) atoms. The smallest absolute Gasteiger partial charge is 0.317 e. The van der Waals surface area contributed by atoms with E-state index < -0.39 is 0 Å². The van der Waals surface area contributed by atoms with Gasteiger partial charge < -0.3 is 15.0 Å². The number of aromatic nitrogens is 1. The van der Waals surface area contributed by atoms with Crippen LogP contribution in [0.3, 0.4) is 0 Å². The Morgan fingerprint density at radius 2 is 2.12 bits per heavy atom. The molecule has 1 N–H and O–H groups in total. The predicted octanol–water partition coefficient (Wildman–Crippen LogP) is 3.28. The number of ether oxygens (including phenoxy) is 1. The largest absolute Gasteiger partial charge is 0.370 e. The number of carbonyl (C=O) groups is 1. The summed E-state index contributed by atoms with van der Waals surface area (Å²) in [4.78, 5) is 18.5. The summed E-state index contributed by atoms with van der Waals surface area (Å²) in [7, 11) is 0. The van der Waals surface area contributed by atoms with Crippen molar-refractivity contribution in [2.24, 2.45) is 0 Å². The number of hydrogen-bond acceptors (Lipinski definition) is 3. The van der Waals surface area contributed by atoms with Gasteiger partial charge in [-0.05, 0) is 37.5 Å². The first-order valence-electron chi connectivity index (χ1n) is 8.80. The number of pyridine rings is 1. The lowest BCUT2D eigenvalue weighted by Gasteiger charge is -2.32. The van der Waals surface area contributed by atoms with Gasteiger partial charge in [-0.25, -0.2) is 4.79 Å². The summed E-state index contributed by atoms with van der Waals surface area (Å²) >= 11 is 0. The van der Waals surface area contributed by atoms with Crippen molar-refractivity contribution >= 4 is 6.03 Å². The van der Waals surface area contributed by atoms with Crippen LogP contribution in [0.25, 0.3) is 0 Å². The lowest BCUT2D eigenvalue weighted by Crippen LogP contribution is -2.47. The molecule has 0 unspecified atom stereocenters. The monoisotopic (exact) mass is 339 g/mol. The molecular weight excluding hydrogens is 314 g/mol. The first-order chi connectivity index (χ1) is 12.2. The maximum atomic E-state index is 12.4. The minimum atomic E-state index is -0.0216. The van der Waals surface area contributed by atoms with Crippen LogP contribution in [0, 0.1) is 6.92 Å². The second kappa shape index (κ2) is 8.62. The molecule has 2 heterocycles. The number of likely N-dealkylation sites (tertiary alicyclic amines) is 1. The zero-order valence-electron chi connectivity index (χ0n) is 14.6. The lowest BCUT2D eigenvalue weighted by molar-refractivity contribution is -0.00168. The molecule has 1 aromatic heterocycles. The van der Waals surface area contributed by atoms with Gasteiger partial charge >= 0.3 is 6.03 Å². The van der Waals surface area contributed by atoms with Crippen LogP contribution >= 0.6 is 0 Å². The Hall–Kier alpha value is -2.40. The van der Waals surface area contributed by atoms with Crippen LogP contribution in [-0.2, 0) is 17.9 Å². The maximum absolute atomic E-state index is 12.4. The van der Waals surface area contributed by atoms with Gasteiger partial charge in [-0.1, -0.05) is 35.9 Å². The van der Waals surface area contributed by atoms with E-state index in [1.807, 2.05) is 35.2 Å². The average Bonchev–Trinajstić information content (AvgIpc) is 2.67. The molecule has 1 saturated heterocycles. The summed E-state index contributed by atoms with van der Waals surface area (Å²) in [6.45, 7) is 4.51. The molecule has 0 saturated carbocycles. The van der Waals surface area contributed by atoms with Gasteiger partial charge in [-0.15, -0.1) is 0 Å². The Morgan fingerprint density at radius 3 is 2.88 bits per heavy atom. The van der Waals surface area contributed by atoms with Gasteiger partial charge in [0.05, 0.1) is 18.4 Å². The fourth-order valence-corrected chi connectivity index (χ4v) is 2.94. The van der Waals surface area contributed by atoms with Crippen LogP contribution in [0.2, 0.25) is 0 Å². The highest BCUT2D eigenvalue weighted by molar-refractivity contribution is 5.74. The fourth-order valence-electron chi connectivity index (χ4n) is 2.94. The SMILES string of the molecule is Cc1ccc(CNC(=O)N2CCC[C@@H](OCc3ccccn3)C2)cc1. The summed E-state index contributed by atoms with van der Waals surface area (Å²) in [5.41, 5.74) is 3.25. The normalized spacial score (nSPS) is 17.3. The Kier molecular flexibility index (Phi) is 6.01. The summed E-state index contributed by atoms with van der Waals surface area (Å²) in [5, 5.41) is 3.00. The minimum absolute atomic E-state index is 0.0216. The van der Waals surface area contributed by atoms with E-state index in [1.165, 1.54) is 5.56 Å². The number of nitrogens with zero attached hydrogens (tertiary/aromatic N) is 2. The summed E-state index contributed by atoms with van der Waals surface area (Å²) < 4.78 is 5.94. The zero-order chi connectivity index (χ0) is 17.5. The van der Waals surface area contributed by atoms with E-state index in [-0.39, 0.29) is 12.1 Å². The van der Waals surface area contributed by atoms with E-state index in [9.17, 15) is 4.79 Å². The van der Waals surface area contributed by atoms with Crippen molar-refractivity contribution in [1.29, 1.82) is 0 Å². The molecule has 5 nitrogen and oxygen atoms in total. The Balaban J connectivity index is 1.45. The van der Waals surface area contributed by atoms with Crippen LogP contribution in [-0.4, -0.2) is 35.1 Å². The van der Waals surface area contributed by atoms with Crippen molar-refractivity contribution < 1.29 is 9.53 Å². The van der Waals surface area contributed by atoms with Crippen molar-refractivity contribution in [2.75, 3.05) is 13.1 Å². The standard InChI is InChI=1S/C20H25N3O2/c1-16-7-9-17(10-8-16)13-22-20(24)23-12-4-6-19(14-23)25-15-18-5-2-3-11-21-18/h2-3,5,7-11,19H,4,6,12-15H2,1H3,(H,22,24)/t19-/m1/s1. The van der Waals surface area contributed by atoms with E-state index in [4.69, 9.17) is 4.74 Å². The first-order valence-corrected chi connectivity index (χ1v) is 8.80. The van der Waals surface area contributed by atoms with E-state index in [2.05, 4.69) is 29.4 Å². The van der Waals surface area contributed by atoms with Crippen molar-refractivity contribution in [2.45, 2.75) is 39.0 Å². The molecule has 0 spiro atoms. The number of aryl methyl sites for hydroxylation is 1. The highest BCUT2D eigenvalue weighted by Crippen LogP contribution is 2.15. The van der Waals surface area contributed by atoms with Gasteiger partial charge in [-0.2, -0.15) is 0 Å². The third-order valence-corrected chi connectivity index (χ3v) is 4.42. The van der Waals surface area contributed by atoms with Crippen LogP contribution in [0.4, 0.5) is 4.79 Å². The number of urea groups is 1. The summed E-state index contributed by atoms with van der Waals surface area (Å²) in [6.07, 6.45) is 3.78. The highest BCUT2D eigenvalue weighted by atomic mass is 16.5. The second-order valence-corrected chi connectivity index (χ2v) is 6.49. The van der Waals surface area contributed by atoms with Crippen molar-refractivity contribution in [1.82, 2.24) is 15.2 Å². The molecule has 1 fully saturated rings. The quantitative estimate of drug-likeness (QED) is 0.909. The summed E-state index contributed by atoms with van der Waals surface area (Å²) in [6, 6.07) is 14.0. The minimum Gasteiger partial charge on any atom is -0.370 e. The molecular formula is C20H25N3O2. The van der Waals surface area contributed by atoms with E-state index in [1.54, 1.807) is 6.20 Å². The van der Waals surface area contributed by atoms with Crippen LogP contribution in [0.1, 0.15) is 29.7 Å². The van der Waals surface area contributed by atoms with Gasteiger partial charge in [0.15, 0.2) is 0 Å². The molecule has 5 heteroatoms. The number of benzene rings is 1. The van der Waals surface area contributed by atoms with Crippen molar-refractivity contribution in [3.8, 4) is 0 Å². The third kappa shape index (κ3) is 5.29. The van der Waals surface area contributed by atoms with Gasteiger partial charge in [-0.3, -0.25) is 4.98 Å². The van der Waals surface area contributed by atoms with Gasteiger partial charge in [0.2, 0.25) is 0 Å². The van der Waals surface area contributed by atoms with Gasteiger partial charge in [0, 0.05) is 25.8 Å². The number of rotatable bonds is 5. The predicted molar refractivity (Wildman–Crippen MR) is 97.0 cm³/mol.